The molecule has 0 saturated heterocycles. The maximum atomic E-state index is 11.7. The lowest BCUT2D eigenvalue weighted by Gasteiger charge is -2.15. The number of carbonyl (C=O) groups is 1. The Morgan fingerprint density at radius 2 is 1.96 bits per heavy atom. The highest BCUT2D eigenvalue weighted by Crippen LogP contribution is 2.16. The highest BCUT2D eigenvalue weighted by Gasteiger charge is 2.09. The molecule has 7 heteroatoms. The largest absolute Gasteiger partial charge is 0.356 e. The van der Waals surface area contributed by atoms with Crippen molar-refractivity contribution in [3.63, 3.8) is 0 Å². The topological polar surface area (TPSA) is 83.3 Å². The number of carbonyl (C=O) groups excluding carboxylic acids is 1. The van der Waals surface area contributed by atoms with Crippen LogP contribution in [0.4, 0.5) is 0 Å². The van der Waals surface area contributed by atoms with Gasteiger partial charge >= 0.3 is 0 Å². The maximum absolute atomic E-state index is 11.7. The number of guanidine groups is 1. The monoisotopic (exact) mass is 370 g/mol. The molecule has 0 radical (unpaired) electrons. The number of benzene rings is 1. The molecule has 0 aliphatic carbocycles. The quantitative estimate of drug-likeness (QED) is 0.515. The summed E-state index contributed by atoms with van der Waals surface area (Å²) in [7, 11) is 1.72. The number of amides is 1. The van der Waals surface area contributed by atoms with Crippen molar-refractivity contribution in [3.05, 3.63) is 47.3 Å². The fourth-order valence-electron chi connectivity index (χ4n) is 2.83. The summed E-state index contributed by atoms with van der Waals surface area (Å²) in [5.74, 6) is 0.693. The van der Waals surface area contributed by atoms with Gasteiger partial charge in [0.1, 0.15) is 0 Å². The van der Waals surface area contributed by atoms with E-state index in [1.54, 1.807) is 7.05 Å². The van der Waals surface area contributed by atoms with Gasteiger partial charge in [-0.25, -0.2) is 4.68 Å². The zero-order chi connectivity index (χ0) is 19.8. The molecule has 0 saturated carbocycles. The SMILES string of the molecule is CN=C(NCCC(=O)NC(C)C)NCc1ccccc1-n1nc(C)cc1C. The third kappa shape index (κ3) is 6.13. The average Bonchev–Trinajstić information content (AvgIpc) is 2.95. The molecule has 1 aromatic carbocycles. The molecule has 7 nitrogen and oxygen atoms in total. The standard InChI is InChI=1S/C20H30N6O/c1-14(2)24-19(27)10-11-22-20(21-5)23-13-17-8-6-7-9-18(17)26-16(4)12-15(3)25-26/h6-9,12,14H,10-11,13H2,1-5H3,(H,24,27)(H2,21,22,23). The van der Waals surface area contributed by atoms with Crippen LogP contribution in [-0.2, 0) is 11.3 Å². The van der Waals surface area contributed by atoms with E-state index in [9.17, 15) is 4.79 Å². The lowest BCUT2D eigenvalue weighted by Crippen LogP contribution is -2.39. The fourth-order valence-corrected chi connectivity index (χ4v) is 2.83. The summed E-state index contributed by atoms with van der Waals surface area (Å²) in [6.07, 6.45) is 0.404. The van der Waals surface area contributed by atoms with Gasteiger partial charge in [0.15, 0.2) is 5.96 Å². The number of rotatable bonds is 7. The summed E-state index contributed by atoms with van der Waals surface area (Å²) < 4.78 is 1.96. The van der Waals surface area contributed by atoms with Crippen molar-refractivity contribution in [2.75, 3.05) is 13.6 Å². The van der Waals surface area contributed by atoms with Crippen LogP contribution in [0.2, 0.25) is 0 Å². The molecule has 1 heterocycles. The molecule has 0 bridgehead atoms. The van der Waals surface area contributed by atoms with Crippen molar-refractivity contribution >= 4 is 11.9 Å². The highest BCUT2D eigenvalue weighted by atomic mass is 16.1. The van der Waals surface area contributed by atoms with Crippen molar-refractivity contribution in [2.24, 2.45) is 4.99 Å². The Bertz CT molecular complexity index is 794. The van der Waals surface area contributed by atoms with E-state index >= 15 is 0 Å². The summed E-state index contributed by atoms with van der Waals surface area (Å²) in [4.78, 5) is 15.9. The van der Waals surface area contributed by atoms with E-state index in [1.165, 1.54) is 0 Å². The molecule has 0 atom stereocenters. The van der Waals surface area contributed by atoms with Crippen LogP contribution >= 0.6 is 0 Å². The lowest BCUT2D eigenvalue weighted by atomic mass is 10.1. The summed E-state index contributed by atoms with van der Waals surface area (Å²) in [5, 5.41) is 13.9. The summed E-state index contributed by atoms with van der Waals surface area (Å²) >= 11 is 0. The summed E-state index contributed by atoms with van der Waals surface area (Å²) in [5.41, 5.74) is 4.25. The minimum atomic E-state index is 0.0304. The lowest BCUT2D eigenvalue weighted by molar-refractivity contribution is -0.121. The molecule has 2 rings (SSSR count). The van der Waals surface area contributed by atoms with Crippen LogP contribution in [0.3, 0.4) is 0 Å². The molecule has 0 fully saturated rings. The van der Waals surface area contributed by atoms with E-state index in [0.29, 0.717) is 25.5 Å². The predicted molar refractivity (Wildman–Crippen MR) is 109 cm³/mol. The minimum Gasteiger partial charge on any atom is -0.356 e. The van der Waals surface area contributed by atoms with Gasteiger partial charge in [-0.15, -0.1) is 0 Å². The molecule has 0 spiro atoms. The van der Waals surface area contributed by atoms with Gasteiger partial charge in [-0.05, 0) is 45.4 Å². The zero-order valence-electron chi connectivity index (χ0n) is 16.8. The van der Waals surface area contributed by atoms with Crippen molar-refractivity contribution in [3.8, 4) is 5.69 Å². The Kier molecular flexibility index (Phi) is 7.40. The number of aryl methyl sites for hydroxylation is 2. The van der Waals surface area contributed by atoms with E-state index in [4.69, 9.17) is 0 Å². The van der Waals surface area contributed by atoms with Crippen molar-refractivity contribution in [2.45, 2.75) is 46.7 Å². The van der Waals surface area contributed by atoms with E-state index in [-0.39, 0.29) is 11.9 Å². The predicted octanol–water partition coefficient (Wildman–Crippen LogP) is 2.07. The third-order valence-electron chi connectivity index (χ3n) is 3.99. The van der Waals surface area contributed by atoms with Gasteiger partial charge in [0.25, 0.3) is 0 Å². The van der Waals surface area contributed by atoms with Gasteiger partial charge in [-0.1, -0.05) is 18.2 Å². The van der Waals surface area contributed by atoms with Crippen LogP contribution in [0.5, 0.6) is 0 Å². The molecule has 0 aliphatic heterocycles. The van der Waals surface area contributed by atoms with E-state index in [0.717, 1.165) is 22.6 Å². The van der Waals surface area contributed by atoms with Crippen molar-refractivity contribution in [1.82, 2.24) is 25.7 Å². The first-order valence-electron chi connectivity index (χ1n) is 9.26. The molecular weight excluding hydrogens is 340 g/mol. The molecule has 1 aromatic heterocycles. The van der Waals surface area contributed by atoms with Gasteiger partial charge in [-0.3, -0.25) is 9.79 Å². The Balaban J connectivity index is 1.95. The van der Waals surface area contributed by atoms with Gasteiger partial charge in [-0.2, -0.15) is 5.10 Å². The summed E-state index contributed by atoms with van der Waals surface area (Å²) in [6.45, 7) is 9.07. The molecule has 0 aliphatic rings. The number of hydrogen-bond donors (Lipinski definition) is 3. The van der Waals surface area contributed by atoms with Crippen molar-refractivity contribution in [1.29, 1.82) is 0 Å². The molecule has 2 aromatic rings. The van der Waals surface area contributed by atoms with Crippen LogP contribution in [0.1, 0.15) is 37.2 Å². The Hall–Kier alpha value is -2.83. The van der Waals surface area contributed by atoms with Gasteiger partial charge < -0.3 is 16.0 Å². The number of hydrogen-bond acceptors (Lipinski definition) is 3. The molecular formula is C20H30N6O. The van der Waals surface area contributed by atoms with Crippen LogP contribution in [0.15, 0.2) is 35.3 Å². The van der Waals surface area contributed by atoms with Gasteiger partial charge in [0.2, 0.25) is 5.91 Å². The highest BCUT2D eigenvalue weighted by molar-refractivity contribution is 5.81. The Morgan fingerprint density at radius 1 is 1.22 bits per heavy atom. The first-order chi connectivity index (χ1) is 12.9. The van der Waals surface area contributed by atoms with Gasteiger partial charge in [0.05, 0.1) is 11.4 Å². The number of aliphatic imine (C=N–C) groups is 1. The molecule has 1 amide bonds. The first-order valence-corrected chi connectivity index (χ1v) is 9.26. The van der Waals surface area contributed by atoms with Crippen LogP contribution in [0, 0.1) is 13.8 Å². The number of nitrogens with one attached hydrogen (secondary N) is 3. The molecule has 146 valence electrons. The third-order valence-corrected chi connectivity index (χ3v) is 3.99. The summed E-state index contributed by atoms with van der Waals surface area (Å²) in [6, 6.07) is 10.4. The second-order valence-corrected chi connectivity index (χ2v) is 6.79. The number of aromatic nitrogens is 2. The first kappa shape index (κ1) is 20.5. The zero-order valence-corrected chi connectivity index (χ0v) is 16.8. The second-order valence-electron chi connectivity index (χ2n) is 6.79. The van der Waals surface area contributed by atoms with Crippen LogP contribution in [0.25, 0.3) is 5.69 Å². The van der Waals surface area contributed by atoms with E-state index in [1.807, 2.05) is 44.5 Å². The molecule has 0 unspecified atom stereocenters. The van der Waals surface area contributed by atoms with Crippen LogP contribution < -0.4 is 16.0 Å². The van der Waals surface area contributed by atoms with Gasteiger partial charge in [0, 0.05) is 38.3 Å². The minimum absolute atomic E-state index is 0.0304. The second kappa shape index (κ2) is 9.75. The smallest absolute Gasteiger partial charge is 0.221 e. The van der Waals surface area contributed by atoms with Crippen LogP contribution in [-0.4, -0.2) is 41.3 Å². The Morgan fingerprint density at radius 3 is 2.59 bits per heavy atom. The van der Waals surface area contributed by atoms with E-state index in [2.05, 4.69) is 44.2 Å². The normalized spacial score (nSPS) is 11.6. The Labute approximate surface area is 161 Å². The maximum Gasteiger partial charge on any atom is 0.221 e. The molecule has 27 heavy (non-hydrogen) atoms. The number of para-hydroxylation sites is 1. The molecule has 3 N–H and O–H groups in total. The fraction of sp³-hybridized carbons (Fsp3) is 0.450. The van der Waals surface area contributed by atoms with E-state index < -0.39 is 0 Å². The number of nitrogens with zero attached hydrogens (tertiary/aromatic N) is 3. The van der Waals surface area contributed by atoms with Crippen molar-refractivity contribution < 1.29 is 4.79 Å². The average molecular weight is 371 g/mol.